The predicted molar refractivity (Wildman–Crippen MR) is 40.4 cm³/mol. The maximum absolute atomic E-state index is 9.43. The molecule has 0 saturated carbocycles. The molecule has 0 atom stereocenters. The molecule has 1 fully saturated rings. The van der Waals surface area contributed by atoms with Crippen molar-refractivity contribution in [3.05, 3.63) is 0 Å². The molecular formula is C6H13NOS. The van der Waals surface area contributed by atoms with Crippen LogP contribution in [-0.4, -0.2) is 28.1 Å². The van der Waals surface area contributed by atoms with Gasteiger partial charge < -0.3 is 5.11 Å². The van der Waals surface area contributed by atoms with Gasteiger partial charge in [0.05, 0.1) is 5.60 Å². The van der Waals surface area contributed by atoms with E-state index in [1.807, 2.05) is 11.2 Å². The minimum atomic E-state index is -0.431. The number of nitrogens with zero attached hydrogens (tertiary/aromatic N) is 1. The highest BCUT2D eigenvalue weighted by Gasteiger charge is 2.25. The fourth-order valence-corrected chi connectivity index (χ4v) is 1.18. The molecule has 0 unspecified atom stereocenters. The zero-order valence-electron chi connectivity index (χ0n) is 5.67. The molecular weight excluding hydrogens is 134 g/mol. The lowest BCUT2D eigenvalue weighted by Crippen LogP contribution is -2.38. The minimum Gasteiger partial charge on any atom is -0.390 e. The van der Waals surface area contributed by atoms with E-state index in [1.54, 1.807) is 0 Å². The van der Waals surface area contributed by atoms with Crippen LogP contribution in [0.25, 0.3) is 0 Å². The molecule has 1 aliphatic rings. The lowest BCUT2D eigenvalue weighted by Gasteiger charge is -2.32. The summed E-state index contributed by atoms with van der Waals surface area (Å²) >= 11 is 4.16. The normalized spacial score (nSPS) is 28.3. The summed E-state index contributed by atoms with van der Waals surface area (Å²) in [5.41, 5.74) is -0.431. The van der Waals surface area contributed by atoms with E-state index >= 15 is 0 Å². The molecule has 1 saturated heterocycles. The monoisotopic (exact) mass is 147 g/mol. The van der Waals surface area contributed by atoms with Crippen molar-refractivity contribution in [2.75, 3.05) is 13.1 Å². The van der Waals surface area contributed by atoms with E-state index in [9.17, 15) is 5.11 Å². The second-order valence-electron chi connectivity index (χ2n) is 2.95. The van der Waals surface area contributed by atoms with E-state index in [0.717, 1.165) is 25.9 Å². The van der Waals surface area contributed by atoms with E-state index in [0.29, 0.717) is 0 Å². The predicted octanol–water partition coefficient (Wildman–Crippen LogP) is 0.678. The molecule has 1 rings (SSSR count). The molecule has 0 aromatic heterocycles. The van der Waals surface area contributed by atoms with Gasteiger partial charge in [-0.3, -0.25) is 4.31 Å². The van der Waals surface area contributed by atoms with Gasteiger partial charge in [0, 0.05) is 13.1 Å². The fraction of sp³-hybridized carbons (Fsp3) is 1.00. The van der Waals surface area contributed by atoms with Gasteiger partial charge >= 0.3 is 0 Å². The first kappa shape index (κ1) is 7.38. The van der Waals surface area contributed by atoms with E-state index in [1.165, 1.54) is 0 Å². The average Bonchev–Trinajstić information content (AvgIpc) is 1.78. The van der Waals surface area contributed by atoms with Crippen LogP contribution in [-0.2, 0) is 0 Å². The van der Waals surface area contributed by atoms with Crippen molar-refractivity contribution in [2.24, 2.45) is 0 Å². The topological polar surface area (TPSA) is 23.5 Å². The van der Waals surface area contributed by atoms with Crippen LogP contribution in [0.15, 0.2) is 0 Å². The Labute approximate surface area is 61.4 Å². The summed E-state index contributed by atoms with van der Waals surface area (Å²) in [4.78, 5) is 0. The first-order chi connectivity index (χ1) is 4.10. The Bertz CT molecular complexity index is 95.2. The van der Waals surface area contributed by atoms with Gasteiger partial charge in [-0.2, -0.15) is 0 Å². The van der Waals surface area contributed by atoms with Crippen LogP contribution in [0.5, 0.6) is 0 Å². The average molecular weight is 147 g/mol. The molecule has 3 heteroatoms. The minimum absolute atomic E-state index is 0.431. The van der Waals surface area contributed by atoms with Gasteiger partial charge in [-0.05, 0) is 19.8 Å². The molecule has 9 heavy (non-hydrogen) atoms. The number of rotatable bonds is 0. The standard InChI is InChI=1S/C6H13NOS/c1-6(8)2-4-7(9)5-3-6/h8-9H,2-5H2,1H3. The molecule has 0 bridgehead atoms. The second-order valence-corrected chi connectivity index (χ2v) is 3.52. The molecule has 1 N–H and O–H groups in total. The van der Waals surface area contributed by atoms with Gasteiger partial charge in [0.2, 0.25) is 0 Å². The highest BCUT2D eigenvalue weighted by Crippen LogP contribution is 2.21. The smallest absolute Gasteiger partial charge is 0.0644 e. The molecule has 2 nitrogen and oxygen atoms in total. The fourth-order valence-electron chi connectivity index (χ4n) is 0.977. The zero-order valence-corrected chi connectivity index (χ0v) is 6.56. The Morgan fingerprint density at radius 2 is 1.89 bits per heavy atom. The van der Waals surface area contributed by atoms with Crippen molar-refractivity contribution >= 4 is 12.8 Å². The third-order valence-electron chi connectivity index (χ3n) is 1.82. The number of hydrogen-bond donors (Lipinski definition) is 2. The van der Waals surface area contributed by atoms with Crippen LogP contribution in [0, 0.1) is 0 Å². The Morgan fingerprint density at radius 3 is 2.22 bits per heavy atom. The highest BCUT2D eigenvalue weighted by molar-refractivity contribution is 7.77. The molecule has 0 aliphatic carbocycles. The van der Waals surface area contributed by atoms with Crippen molar-refractivity contribution in [2.45, 2.75) is 25.4 Å². The number of aliphatic hydroxyl groups is 1. The van der Waals surface area contributed by atoms with Crippen molar-refractivity contribution < 1.29 is 5.11 Å². The molecule has 0 aromatic carbocycles. The van der Waals surface area contributed by atoms with Gasteiger partial charge in [0.25, 0.3) is 0 Å². The highest BCUT2D eigenvalue weighted by atomic mass is 32.1. The summed E-state index contributed by atoms with van der Waals surface area (Å²) in [6, 6.07) is 0. The Hall–Kier alpha value is 0.270. The van der Waals surface area contributed by atoms with Gasteiger partial charge in [-0.25, -0.2) is 0 Å². The summed E-state index contributed by atoms with van der Waals surface area (Å²) in [6.45, 7) is 3.68. The molecule has 0 aromatic rings. The second kappa shape index (κ2) is 2.48. The number of thiol groups is 1. The molecule has 0 radical (unpaired) electrons. The maximum Gasteiger partial charge on any atom is 0.0644 e. The Kier molecular flexibility index (Phi) is 2.03. The third-order valence-corrected chi connectivity index (χ3v) is 2.22. The van der Waals surface area contributed by atoms with Crippen LogP contribution >= 0.6 is 12.8 Å². The van der Waals surface area contributed by atoms with Crippen LogP contribution < -0.4 is 0 Å². The van der Waals surface area contributed by atoms with Gasteiger partial charge in [-0.1, -0.05) is 12.8 Å². The molecule has 1 heterocycles. The van der Waals surface area contributed by atoms with Gasteiger partial charge in [-0.15, -0.1) is 0 Å². The lowest BCUT2D eigenvalue weighted by atomic mass is 9.95. The van der Waals surface area contributed by atoms with E-state index in [-0.39, 0.29) is 0 Å². The first-order valence-electron chi connectivity index (χ1n) is 3.26. The zero-order chi connectivity index (χ0) is 6.91. The van der Waals surface area contributed by atoms with E-state index in [4.69, 9.17) is 0 Å². The Balaban J connectivity index is 2.35. The maximum atomic E-state index is 9.43. The van der Waals surface area contributed by atoms with Gasteiger partial charge in [0.15, 0.2) is 0 Å². The van der Waals surface area contributed by atoms with Crippen molar-refractivity contribution in [3.8, 4) is 0 Å². The van der Waals surface area contributed by atoms with Crippen LogP contribution in [0.1, 0.15) is 19.8 Å². The molecule has 0 amide bonds. The SMILES string of the molecule is CC1(O)CCN(S)CC1. The summed E-state index contributed by atoms with van der Waals surface area (Å²) < 4.78 is 1.94. The van der Waals surface area contributed by atoms with Crippen LogP contribution in [0.3, 0.4) is 0 Å². The van der Waals surface area contributed by atoms with Crippen molar-refractivity contribution in [1.29, 1.82) is 0 Å². The van der Waals surface area contributed by atoms with Crippen LogP contribution in [0.2, 0.25) is 0 Å². The summed E-state index contributed by atoms with van der Waals surface area (Å²) in [6.07, 6.45) is 1.69. The molecule has 54 valence electrons. The van der Waals surface area contributed by atoms with E-state index in [2.05, 4.69) is 12.8 Å². The largest absolute Gasteiger partial charge is 0.390 e. The number of piperidine rings is 1. The third kappa shape index (κ3) is 2.16. The van der Waals surface area contributed by atoms with Crippen molar-refractivity contribution in [3.63, 3.8) is 0 Å². The summed E-state index contributed by atoms with van der Waals surface area (Å²) in [5.74, 6) is 0. The molecule has 1 aliphatic heterocycles. The van der Waals surface area contributed by atoms with Crippen molar-refractivity contribution in [1.82, 2.24) is 4.31 Å². The quantitative estimate of drug-likeness (QED) is 0.492. The summed E-state index contributed by atoms with van der Waals surface area (Å²) in [5, 5.41) is 9.43. The van der Waals surface area contributed by atoms with Crippen LogP contribution in [0.4, 0.5) is 0 Å². The Morgan fingerprint density at radius 1 is 1.44 bits per heavy atom. The molecule has 0 spiro atoms. The first-order valence-corrected chi connectivity index (χ1v) is 3.66. The lowest BCUT2D eigenvalue weighted by molar-refractivity contribution is 0.0147. The van der Waals surface area contributed by atoms with Gasteiger partial charge in [0.1, 0.15) is 0 Å². The number of hydrogen-bond acceptors (Lipinski definition) is 3. The summed E-state index contributed by atoms with van der Waals surface area (Å²) in [7, 11) is 0. The van der Waals surface area contributed by atoms with E-state index < -0.39 is 5.60 Å².